The number of carbonyl (C=O) groups excluding carboxylic acids is 1. The molecule has 1 rings (SSSR count). The average Bonchev–Trinajstić information content (AvgIpc) is 2.37. The van der Waals surface area contributed by atoms with Crippen LogP contribution in [0.5, 0.6) is 0 Å². The number of hydrogen-bond acceptors (Lipinski definition) is 3. The fourth-order valence-corrected chi connectivity index (χ4v) is 1.30. The predicted octanol–water partition coefficient (Wildman–Crippen LogP) is 1.51. The highest BCUT2D eigenvalue weighted by Crippen LogP contribution is 2.10. The summed E-state index contributed by atoms with van der Waals surface area (Å²) in [6.07, 6.45) is 3.89. The Labute approximate surface area is 73.0 Å². The van der Waals surface area contributed by atoms with Gasteiger partial charge in [-0.2, -0.15) is 0 Å². The summed E-state index contributed by atoms with van der Waals surface area (Å²) < 4.78 is 0. The van der Waals surface area contributed by atoms with Crippen molar-refractivity contribution in [1.82, 2.24) is 5.06 Å². The summed E-state index contributed by atoms with van der Waals surface area (Å²) in [5, 5.41) is 1.90. The molecule has 0 aliphatic carbocycles. The first kappa shape index (κ1) is 9.26. The van der Waals surface area contributed by atoms with Crippen molar-refractivity contribution in [3.8, 4) is 0 Å². The lowest BCUT2D eigenvalue weighted by Crippen LogP contribution is -2.18. The Kier molecular flexibility index (Phi) is 3.29. The van der Waals surface area contributed by atoms with Crippen LogP contribution < -0.4 is 0 Å². The lowest BCUT2D eigenvalue weighted by Gasteiger charge is -2.15. The van der Waals surface area contributed by atoms with Crippen molar-refractivity contribution in [2.45, 2.75) is 26.7 Å². The van der Waals surface area contributed by atoms with Crippen LogP contribution in [0, 0.1) is 0 Å². The molecule has 0 aromatic heterocycles. The molecular formula is C9H15NO2. The molecule has 0 spiro atoms. The second-order valence-electron chi connectivity index (χ2n) is 3.09. The van der Waals surface area contributed by atoms with Crippen LogP contribution in [0.15, 0.2) is 11.8 Å². The number of carbonyl (C=O) groups is 1. The third-order valence-electron chi connectivity index (χ3n) is 1.74. The molecule has 0 aromatic carbocycles. The van der Waals surface area contributed by atoms with Crippen molar-refractivity contribution in [1.29, 1.82) is 0 Å². The SMILES string of the molecule is CC(=O)/C=C(\C)ON1CCCC1. The lowest BCUT2D eigenvalue weighted by atomic mass is 10.4. The molecule has 1 aliphatic rings. The van der Waals surface area contributed by atoms with E-state index >= 15 is 0 Å². The van der Waals surface area contributed by atoms with Gasteiger partial charge in [-0.1, -0.05) is 0 Å². The van der Waals surface area contributed by atoms with Gasteiger partial charge in [0.05, 0.1) is 0 Å². The standard InChI is InChI=1S/C9H15NO2/c1-8(11)7-9(2)12-10-5-3-4-6-10/h7H,3-6H2,1-2H3/b9-7+. The number of allylic oxidation sites excluding steroid dienone is 2. The molecule has 0 radical (unpaired) electrons. The molecule has 68 valence electrons. The minimum Gasteiger partial charge on any atom is -0.411 e. The topological polar surface area (TPSA) is 29.5 Å². The maximum Gasteiger partial charge on any atom is 0.156 e. The van der Waals surface area contributed by atoms with Crippen LogP contribution in [0.25, 0.3) is 0 Å². The molecule has 1 fully saturated rings. The smallest absolute Gasteiger partial charge is 0.156 e. The van der Waals surface area contributed by atoms with Gasteiger partial charge in [0.15, 0.2) is 5.78 Å². The average molecular weight is 169 g/mol. The lowest BCUT2D eigenvalue weighted by molar-refractivity contribution is -0.115. The highest BCUT2D eigenvalue weighted by atomic mass is 16.7. The van der Waals surface area contributed by atoms with Crippen molar-refractivity contribution in [2.24, 2.45) is 0 Å². The van der Waals surface area contributed by atoms with E-state index in [2.05, 4.69) is 0 Å². The monoisotopic (exact) mass is 169 g/mol. The van der Waals surface area contributed by atoms with Crippen LogP contribution in [0.1, 0.15) is 26.7 Å². The summed E-state index contributed by atoms with van der Waals surface area (Å²) in [6, 6.07) is 0. The van der Waals surface area contributed by atoms with E-state index in [1.54, 1.807) is 6.92 Å². The molecule has 0 N–H and O–H groups in total. The Morgan fingerprint density at radius 2 is 1.92 bits per heavy atom. The van der Waals surface area contributed by atoms with E-state index in [0.29, 0.717) is 5.76 Å². The fourth-order valence-electron chi connectivity index (χ4n) is 1.30. The van der Waals surface area contributed by atoms with Gasteiger partial charge in [-0.05, 0) is 26.7 Å². The van der Waals surface area contributed by atoms with Crippen LogP contribution in [0.3, 0.4) is 0 Å². The molecule has 3 nitrogen and oxygen atoms in total. The fraction of sp³-hybridized carbons (Fsp3) is 0.667. The third kappa shape index (κ3) is 3.05. The zero-order valence-corrected chi connectivity index (χ0v) is 7.67. The van der Waals surface area contributed by atoms with Gasteiger partial charge in [-0.15, -0.1) is 5.06 Å². The summed E-state index contributed by atoms with van der Waals surface area (Å²) in [5.41, 5.74) is 0. The number of ketones is 1. The van der Waals surface area contributed by atoms with Crippen LogP contribution in [0.4, 0.5) is 0 Å². The molecule has 0 aromatic rings. The molecule has 1 heterocycles. The van der Waals surface area contributed by atoms with Gasteiger partial charge in [0.25, 0.3) is 0 Å². The second-order valence-corrected chi connectivity index (χ2v) is 3.09. The Morgan fingerprint density at radius 3 is 2.42 bits per heavy atom. The van der Waals surface area contributed by atoms with Crippen LogP contribution in [0.2, 0.25) is 0 Å². The zero-order valence-electron chi connectivity index (χ0n) is 7.67. The zero-order chi connectivity index (χ0) is 8.97. The molecule has 1 saturated heterocycles. The van der Waals surface area contributed by atoms with Gasteiger partial charge in [-0.25, -0.2) is 0 Å². The van der Waals surface area contributed by atoms with Gasteiger partial charge >= 0.3 is 0 Å². The van der Waals surface area contributed by atoms with Gasteiger partial charge in [0.2, 0.25) is 0 Å². The minimum absolute atomic E-state index is 0.0340. The van der Waals surface area contributed by atoms with Crippen molar-refractivity contribution in [3.05, 3.63) is 11.8 Å². The van der Waals surface area contributed by atoms with Crippen molar-refractivity contribution in [2.75, 3.05) is 13.1 Å². The maximum absolute atomic E-state index is 10.7. The summed E-state index contributed by atoms with van der Waals surface area (Å²) in [7, 11) is 0. The maximum atomic E-state index is 10.7. The van der Waals surface area contributed by atoms with Gasteiger partial charge in [-0.3, -0.25) is 4.79 Å². The molecule has 0 saturated carbocycles. The Bertz CT molecular complexity index is 193. The molecule has 0 unspecified atom stereocenters. The van der Waals surface area contributed by atoms with Crippen molar-refractivity contribution < 1.29 is 9.63 Å². The second kappa shape index (κ2) is 4.26. The normalized spacial score (nSPS) is 19.7. The quantitative estimate of drug-likeness (QED) is 0.473. The Hall–Kier alpha value is -0.830. The van der Waals surface area contributed by atoms with E-state index in [1.165, 1.54) is 25.8 Å². The predicted molar refractivity (Wildman–Crippen MR) is 46.3 cm³/mol. The van der Waals surface area contributed by atoms with Crippen LogP contribution in [-0.2, 0) is 9.63 Å². The summed E-state index contributed by atoms with van der Waals surface area (Å²) >= 11 is 0. The Morgan fingerprint density at radius 1 is 1.33 bits per heavy atom. The number of hydroxylamine groups is 2. The van der Waals surface area contributed by atoms with Gasteiger partial charge in [0, 0.05) is 19.2 Å². The molecule has 1 aliphatic heterocycles. The number of nitrogens with zero attached hydrogens (tertiary/aromatic N) is 1. The molecule has 0 amide bonds. The first-order valence-corrected chi connectivity index (χ1v) is 4.30. The minimum atomic E-state index is 0.0340. The molecule has 12 heavy (non-hydrogen) atoms. The van der Waals surface area contributed by atoms with Gasteiger partial charge < -0.3 is 4.84 Å². The largest absolute Gasteiger partial charge is 0.411 e. The van der Waals surface area contributed by atoms with Crippen LogP contribution >= 0.6 is 0 Å². The third-order valence-corrected chi connectivity index (χ3v) is 1.74. The van der Waals surface area contributed by atoms with E-state index in [0.717, 1.165) is 13.1 Å². The number of hydrogen-bond donors (Lipinski definition) is 0. The number of rotatable bonds is 3. The molecular weight excluding hydrogens is 154 g/mol. The van der Waals surface area contributed by atoms with E-state index in [1.807, 2.05) is 5.06 Å². The van der Waals surface area contributed by atoms with Crippen LogP contribution in [-0.4, -0.2) is 23.9 Å². The molecule has 0 atom stereocenters. The van der Waals surface area contributed by atoms with E-state index in [4.69, 9.17) is 4.84 Å². The van der Waals surface area contributed by atoms with Gasteiger partial charge in [0.1, 0.15) is 5.76 Å². The first-order valence-electron chi connectivity index (χ1n) is 4.30. The van der Waals surface area contributed by atoms with E-state index < -0.39 is 0 Å². The van der Waals surface area contributed by atoms with E-state index in [-0.39, 0.29) is 5.78 Å². The van der Waals surface area contributed by atoms with Crippen molar-refractivity contribution in [3.63, 3.8) is 0 Å². The first-order chi connectivity index (χ1) is 5.68. The summed E-state index contributed by atoms with van der Waals surface area (Å²) in [6.45, 7) is 5.28. The summed E-state index contributed by atoms with van der Waals surface area (Å²) in [4.78, 5) is 16.0. The molecule has 3 heteroatoms. The van der Waals surface area contributed by atoms with Crippen molar-refractivity contribution >= 4 is 5.78 Å². The van der Waals surface area contributed by atoms with E-state index in [9.17, 15) is 4.79 Å². The Balaban J connectivity index is 2.34. The molecule has 0 bridgehead atoms. The summed E-state index contributed by atoms with van der Waals surface area (Å²) in [5.74, 6) is 0.719. The highest BCUT2D eigenvalue weighted by molar-refractivity contribution is 5.87. The highest BCUT2D eigenvalue weighted by Gasteiger charge is 2.12.